The van der Waals surface area contributed by atoms with Crippen LogP contribution in [0.4, 0.5) is 10.5 Å². The Morgan fingerprint density at radius 3 is 2.61 bits per heavy atom. The van der Waals surface area contributed by atoms with Gasteiger partial charge in [-0.2, -0.15) is 0 Å². The van der Waals surface area contributed by atoms with Crippen LogP contribution >= 0.6 is 0 Å². The van der Waals surface area contributed by atoms with Crippen LogP contribution in [0, 0.1) is 5.92 Å². The van der Waals surface area contributed by atoms with E-state index in [0.29, 0.717) is 28.5 Å². The molecule has 0 fully saturated rings. The molecule has 1 amide bonds. The predicted molar refractivity (Wildman–Crippen MR) is 110 cm³/mol. The number of ether oxygens (including phenoxy) is 4. The maximum absolute atomic E-state index is 12.5. The van der Waals surface area contributed by atoms with Crippen LogP contribution < -0.4 is 19.5 Å². The van der Waals surface area contributed by atoms with E-state index in [1.54, 1.807) is 49.4 Å². The van der Waals surface area contributed by atoms with Crippen molar-refractivity contribution in [2.75, 3.05) is 25.3 Å². The van der Waals surface area contributed by atoms with Crippen molar-refractivity contribution in [2.24, 2.45) is 5.92 Å². The maximum atomic E-state index is 12.5. The van der Waals surface area contributed by atoms with Gasteiger partial charge in [0.15, 0.2) is 11.5 Å². The minimum atomic E-state index is -1.09. The highest BCUT2D eigenvalue weighted by atomic mass is 16.7. The highest BCUT2D eigenvalue weighted by Crippen LogP contribution is 2.35. The van der Waals surface area contributed by atoms with E-state index in [4.69, 9.17) is 29.2 Å². The Hall–Kier alpha value is -3.72. The number of anilines is 1. The molecule has 0 unspecified atom stereocenters. The molecule has 2 aromatic carbocycles. The van der Waals surface area contributed by atoms with Gasteiger partial charge in [-0.3, -0.25) is 5.32 Å². The summed E-state index contributed by atoms with van der Waals surface area (Å²) in [5.74, 6) is 0.138. The molecule has 164 valence electrons. The normalized spacial score (nSPS) is 14.1. The molecular weight excluding hydrogens is 406 g/mol. The monoisotopic (exact) mass is 429 g/mol. The number of hydrogen-bond donors (Lipinski definition) is 3. The number of carboxylic acid groups (broad SMARTS) is 1. The molecule has 0 saturated heterocycles. The highest BCUT2D eigenvalue weighted by molar-refractivity contribution is 5.85. The molecule has 2 atom stereocenters. The van der Waals surface area contributed by atoms with Crippen LogP contribution in [0.1, 0.15) is 18.6 Å². The number of amides is 1. The number of hydrogen-bond acceptors (Lipinski definition) is 7. The van der Waals surface area contributed by atoms with E-state index in [1.807, 2.05) is 0 Å². The molecule has 0 radical (unpaired) electrons. The van der Waals surface area contributed by atoms with Gasteiger partial charge in [0.25, 0.3) is 0 Å². The van der Waals surface area contributed by atoms with Crippen LogP contribution in [0.3, 0.4) is 0 Å². The lowest BCUT2D eigenvalue weighted by Gasteiger charge is -2.23. The molecular formula is C22H23NO8. The van der Waals surface area contributed by atoms with Crippen molar-refractivity contribution in [3.05, 3.63) is 60.2 Å². The van der Waals surface area contributed by atoms with Gasteiger partial charge in [-0.15, -0.1) is 0 Å². The summed E-state index contributed by atoms with van der Waals surface area (Å²) in [6.07, 6.45) is 1.00. The third-order valence-corrected chi connectivity index (χ3v) is 4.44. The van der Waals surface area contributed by atoms with E-state index in [0.717, 1.165) is 6.08 Å². The van der Waals surface area contributed by atoms with E-state index >= 15 is 0 Å². The summed E-state index contributed by atoms with van der Waals surface area (Å²) < 4.78 is 21.5. The van der Waals surface area contributed by atoms with Gasteiger partial charge in [-0.1, -0.05) is 25.1 Å². The lowest BCUT2D eigenvalue weighted by atomic mass is 9.96. The second kappa shape index (κ2) is 10.4. The average molecular weight is 429 g/mol. The summed E-state index contributed by atoms with van der Waals surface area (Å²) >= 11 is 0. The first-order chi connectivity index (χ1) is 15.0. The van der Waals surface area contributed by atoms with Crippen molar-refractivity contribution in [3.63, 3.8) is 0 Å². The molecule has 1 aliphatic rings. The maximum Gasteiger partial charge on any atom is 0.412 e. The van der Waals surface area contributed by atoms with Gasteiger partial charge < -0.3 is 29.2 Å². The molecule has 0 bridgehead atoms. The van der Waals surface area contributed by atoms with Crippen LogP contribution in [-0.4, -0.2) is 42.3 Å². The number of fused-ring (bicyclic) bond motifs is 1. The number of carbonyl (C=O) groups is 2. The van der Waals surface area contributed by atoms with Crippen LogP contribution in [0.25, 0.3) is 0 Å². The van der Waals surface area contributed by atoms with Crippen LogP contribution in [0.15, 0.2) is 54.6 Å². The molecule has 2 aromatic rings. The van der Waals surface area contributed by atoms with E-state index in [1.165, 1.54) is 6.08 Å². The molecule has 0 spiro atoms. The third-order valence-electron chi connectivity index (χ3n) is 4.44. The molecule has 3 N–H and O–H groups in total. The topological polar surface area (TPSA) is 124 Å². The molecule has 9 nitrogen and oxygen atoms in total. The smallest absolute Gasteiger partial charge is 0.412 e. The summed E-state index contributed by atoms with van der Waals surface area (Å²) in [7, 11) is 0. The first-order valence-electron chi connectivity index (χ1n) is 9.58. The zero-order chi connectivity index (χ0) is 22.2. The largest absolute Gasteiger partial charge is 0.491 e. The molecule has 1 heterocycles. The standard InChI is InChI=1S/C22H23NO8/c1-14(2-9-20(25)26)21(15-3-6-17(7-4-15)28-11-10-24)31-22(27)23-16-5-8-18-19(12-16)30-13-29-18/h2-9,12,14,21,24H,10-11,13H2,1H3,(H,23,27)(H,25,26)/b9-2+/t14-,21+/m0/s1. The second-order valence-electron chi connectivity index (χ2n) is 6.72. The molecule has 31 heavy (non-hydrogen) atoms. The summed E-state index contributed by atoms with van der Waals surface area (Å²) in [6, 6.07) is 11.8. The predicted octanol–water partition coefficient (Wildman–Crippen LogP) is 3.35. The van der Waals surface area contributed by atoms with Gasteiger partial charge in [0, 0.05) is 23.7 Å². The number of benzene rings is 2. The van der Waals surface area contributed by atoms with Crippen molar-refractivity contribution in [2.45, 2.75) is 13.0 Å². The number of nitrogens with one attached hydrogen (secondary N) is 1. The highest BCUT2D eigenvalue weighted by Gasteiger charge is 2.23. The molecule has 9 heteroatoms. The SMILES string of the molecule is C[C@@H](/C=C/C(=O)O)[C@@H](OC(=O)Nc1ccc2c(c1)OCO2)c1ccc(OCCO)cc1. The number of aliphatic carboxylic acids is 1. The fourth-order valence-electron chi connectivity index (χ4n) is 2.97. The number of aliphatic hydroxyl groups excluding tert-OH is 1. The number of aliphatic hydroxyl groups is 1. The first kappa shape index (κ1) is 22.0. The lowest BCUT2D eigenvalue weighted by molar-refractivity contribution is -0.131. The van der Waals surface area contributed by atoms with E-state index in [2.05, 4.69) is 5.32 Å². The Morgan fingerprint density at radius 2 is 1.90 bits per heavy atom. The van der Waals surface area contributed by atoms with Crippen LogP contribution in [-0.2, 0) is 9.53 Å². The molecule has 0 saturated carbocycles. The fourth-order valence-corrected chi connectivity index (χ4v) is 2.97. The van der Waals surface area contributed by atoms with Gasteiger partial charge in [-0.05, 0) is 29.8 Å². The minimum Gasteiger partial charge on any atom is -0.491 e. The average Bonchev–Trinajstić information content (AvgIpc) is 3.22. The third kappa shape index (κ3) is 6.13. The van der Waals surface area contributed by atoms with Crippen LogP contribution in [0.5, 0.6) is 17.2 Å². The van der Waals surface area contributed by atoms with Crippen molar-refractivity contribution in [1.82, 2.24) is 0 Å². The first-order valence-corrected chi connectivity index (χ1v) is 9.58. The van der Waals surface area contributed by atoms with Crippen LogP contribution in [0.2, 0.25) is 0 Å². The molecule has 0 aromatic heterocycles. The van der Waals surface area contributed by atoms with Gasteiger partial charge in [0.05, 0.1) is 6.61 Å². The second-order valence-corrected chi connectivity index (χ2v) is 6.72. The fraction of sp³-hybridized carbons (Fsp3) is 0.273. The summed E-state index contributed by atoms with van der Waals surface area (Å²) in [4.78, 5) is 23.4. The molecule has 1 aliphatic heterocycles. The van der Waals surface area contributed by atoms with Crippen molar-refractivity contribution in [3.8, 4) is 17.2 Å². The minimum absolute atomic E-state index is 0.107. The Labute approximate surface area is 178 Å². The number of rotatable bonds is 9. The Kier molecular flexibility index (Phi) is 7.34. The van der Waals surface area contributed by atoms with Crippen molar-refractivity contribution >= 4 is 17.7 Å². The quantitative estimate of drug-likeness (QED) is 0.519. The Morgan fingerprint density at radius 1 is 1.16 bits per heavy atom. The summed E-state index contributed by atoms with van der Waals surface area (Å²) in [5, 5.41) is 20.4. The van der Waals surface area contributed by atoms with Gasteiger partial charge >= 0.3 is 12.1 Å². The summed E-state index contributed by atoms with van der Waals surface area (Å²) in [6.45, 7) is 1.92. The lowest BCUT2D eigenvalue weighted by Crippen LogP contribution is -2.21. The Bertz CT molecular complexity index is 941. The Balaban J connectivity index is 1.74. The zero-order valence-corrected chi connectivity index (χ0v) is 16.8. The summed E-state index contributed by atoms with van der Waals surface area (Å²) in [5.41, 5.74) is 1.12. The van der Waals surface area contributed by atoms with Gasteiger partial charge in [0.2, 0.25) is 6.79 Å². The number of carboxylic acids is 1. The van der Waals surface area contributed by atoms with Gasteiger partial charge in [-0.25, -0.2) is 9.59 Å². The van der Waals surface area contributed by atoms with E-state index < -0.39 is 24.1 Å². The van der Waals surface area contributed by atoms with E-state index in [9.17, 15) is 9.59 Å². The van der Waals surface area contributed by atoms with Crippen molar-refractivity contribution < 1.29 is 38.7 Å². The molecule has 3 rings (SSSR count). The van der Waals surface area contributed by atoms with Gasteiger partial charge in [0.1, 0.15) is 18.5 Å². The zero-order valence-electron chi connectivity index (χ0n) is 16.8. The number of carbonyl (C=O) groups excluding carboxylic acids is 1. The van der Waals surface area contributed by atoms with Crippen molar-refractivity contribution in [1.29, 1.82) is 0 Å². The molecule has 0 aliphatic carbocycles. The van der Waals surface area contributed by atoms with E-state index in [-0.39, 0.29) is 20.0 Å².